The van der Waals surface area contributed by atoms with E-state index in [4.69, 9.17) is 4.74 Å². The first-order chi connectivity index (χ1) is 10.3. The van der Waals surface area contributed by atoms with Crippen molar-refractivity contribution in [2.45, 2.75) is 50.9 Å². The van der Waals surface area contributed by atoms with Gasteiger partial charge in [-0.1, -0.05) is 26.8 Å². The first-order valence-corrected chi connectivity index (χ1v) is 8.12. The monoisotopic (exact) mass is 300 g/mol. The van der Waals surface area contributed by atoms with E-state index in [1.165, 1.54) is 5.56 Å². The maximum Gasteiger partial charge on any atom is 0.124 e. The molecule has 0 aliphatic carbocycles. The predicted octanol–water partition coefficient (Wildman–Crippen LogP) is 3.87. The van der Waals surface area contributed by atoms with Crippen LogP contribution in [0.25, 0.3) is 0 Å². The summed E-state index contributed by atoms with van der Waals surface area (Å²) in [7, 11) is 4.12. The molecule has 0 aromatic heterocycles. The van der Waals surface area contributed by atoms with Gasteiger partial charge in [0.15, 0.2) is 0 Å². The molecule has 3 heteroatoms. The molecule has 3 nitrogen and oxygen atoms in total. The fraction of sp³-hybridized carbons (Fsp3) is 0.632. The molecule has 0 radical (unpaired) electrons. The molecule has 1 aromatic carbocycles. The smallest absolute Gasteiger partial charge is 0.124 e. The Morgan fingerprint density at radius 1 is 1.32 bits per heavy atom. The molecule has 0 spiro atoms. The van der Waals surface area contributed by atoms with Gasteiger partial charge in [0.25, 0.3) is 0 Å². The number of hydrogen-bond acceptors (Lipinski definition) is 3. The lowest BCUT2D eigenvalue weighted by atomic mass is 9.73. The Kier molecular flexibility index (Phi) is 4.82. The highest BCUT2D eigenvalue weighted by atomic mass is 16.5. The van der Waals surface area contributed by atoms with Crippen LogP contribution in [0.2, 0.25) is 0 Å². The lowest BCUT2D eigenvalue weighted by Crippen LogP contribution is -2.29. The predicted molar refractivity (Wildman–Crippen MR) is 90.3 cm³/mol. The third-order valence-electron chi connectivity index (χ3n) is 4.57. The molecule has 1 atom stereocenters. The van der Waals surface area contributed by atoms with Crippen LogP contribution in [0.3, 0.4) is 0 Å². The van der Waals surface area contributed by atoms with Gasteiger partial charge in [0.2, 0.25) is 0 Å². The molecule has 0 saturated carbocycles. The van der Waals surface area contributed by atoms with Crippen molar-refractivity contribution in [3.63, 3.8) is 0 Å². The number of ether oxygens (including phenoxy) is 1. The van der Waals surface area contributed by atoms with Crippen LogP contribution in [-0.2, 0) is 10.8 Å². The maximum atomic E-state index is 10.00. The van der Waals surface area contributed by atoms with Gasteiger partial charge in [-0.25, -0.2) is 0 Å². The summed E-state index contributed by atoms with van der Waals surface area (Å²) in [6.45, 7) is 8.24. The molecule has 0 fully saturated rings. The second-order valence-corrected chi connectivity index (χ2v) is 7.66. The van der Waals surface area contributed by atoms with Crippen molar-refractivity contribution in [1.82, 2.24) is 4.90 Å². The van der Waals surface area contributed by atoms with Gasteiger partial charge in [-0.15, -0.1) is 0 Å². The Morgan fingerprint density at radius 2 is 2.05 bits per heavy atom. The summed E-state index contributed by atoms with van der Waals surface area (Å²) in [4.78, 5) is 2.15. The minimum atomic E-state index is -0.433. The van der Waals surface area contributed by atoms with E-state index in [2.05, 4.69) is 64.0 Å². The van der Waals surface area contributed by atoms with Gasteiger partial charge in [-0.05, 0) is 63.0 Å². The van der Waals surface area contributed by atoms with Crippen LogP contribution in [0.1, 0.15) is 51.2 Å². The fourth-order valence-electron chi connectivity index (χ4n) is 3.03. The Bertz CT molecular complexity index is 566. The molecule has 1 aliphatic heterocycles. The van der Waals surface area contributed by atoms with Crippen LogP contribution in [0.4, 0.5) is 0 Å². The molecule has 120 valence electrons. The highest BCUT2D eigenvalue weighted by Gasteiger charge is 2.37. The number of hydrogen-bond donors (Lipinski definition) is 0. The number of nitrogens with zero attached hydrogens (tertiary/aromatic N) is 2. The molecule has 22 heavy (non-hydrogen) atoms. The van der Waals surface area contributed by atoms with E-state index in [1.807, 2.05) is 0 Å². The molecule has 1 heterocycles. The fourth-order valence-corrected chi connectivity index (χ4v) is 3.03. The van der Waals surface area contributed by atoms with Gasteiger partial charge in [-0.3, -0.25) is 0 Å². The summed E-state index contributed by atoms with van der Waals surface area (Å²) in [5.41, 5.74) is 1.99. The van der Waals surface area contributed by atoms with Crippen molar-refractivity contribution >= 4 is 0 Å². The van der Waals surface area contributed by atoms with E-state index in [0.29, 0.717) is 6.61 Å². The summed E-state index contributed by atoms with van der Waals surface area (Å²) >= 11 is 0. The summed E-state index contributed by atoms with van der Waals surface area (Å²) in [5.74, 6) is 0.894. The van der Waals surface area contributed by atoms with Crippen molar-refractivity contribution in [3.05, 3.63) is 29.3 Å². The van der Waals surface area contributed by atoms with Crippen molar-refractivity contribution in [2.24, 2.45) is 0 Å². The van der Waals surface area contributed by atoms with Crippen molar-refractivity contribution in [2.75, 3.05) is 27.2 Å². The van der Waals surface area contributed by atoms with Crippen molar-refractivity contribution < 1.29 is 4.74 Å². The molecule has 0 saturated heterocycles. The van der Waals surface area contributed by atoms with E-state index < -0.39 is 5.41 Å². The highest BCUT2D eigenvalue weighted by Crippen LogP contribution is 2.42. The average molecular weight is 300 g/mol. The van der Waals surface area contributed by atoms with Crippen LogP contribution in [-0.4, -0.2) is 32.1 Å². The van der Waals surface area contributed by atoms with E-state index in [-0.39, 0.29) is 5.41 Å². The standard InChI is InChI=1S/C19H28N2O/c1-18(2,3)15-7-8-17-16(13-15)19(14-20,9-6-12-22-17)10-11-21(4)5/h7-8,13H,6,9-12H2,1-5H3. The molecule has 0 amide bonds. The highest BCUT2D eigenvalue weighted by molar-refractivity contribution is 5.48. The van der Waals surface area contributed by atoms with E-state index >= 15 is 0 Å². The van der Waals surface area contributed by atoms with Crippen LogP contribution in [0, 0.1) is 11.3 Å². The van der Waals surface area contributed by atoms with E-state index in [9.17, 15) is 5.26 Å². The maximum absolute atomic E-state index is 10.00. The van der Waals surface area contributed by atoms with Gasteiger partial charge in [0, 0.05) is 5.56 Å². The second kappa shape index (κ2) is 6.30. The molecule has 2 rings (SSSR count). The number of fused-ring (bicyclic) bond motifs is 1. The van der Waals surface area contributed by atoms with Crippen LogP contribution >= 0.6 is 0 Å². The average Bonchev–Trinajstić information content (AvgIpc) is 2.63. The van der Waals surface area contributed by atoms with Gasteiger partial charge in [0.05, 0.1) is 18.1 Å². The Hall–Kier alpha value is -1.53. The molecular formula is C19H28N2O. The van der Waals surface area contributed by atoms with Crippen LogP contribution < -0.4 is 4.74 Å². The van der Waals surface area contributed by atoms with E-state index in [1.54, 1.807) is 0 Å². The quantitative estimate of drug-likeness (QED) is 0.850. The molecular weight excluding hydrogens is 272 g/mol. The minimum absolute atomic E-state index is 0.0735. The van der Waals surface area contributed by atoms with Crippen molar-refractivity contribution in [3.8, 4) is 11.8 Å². The number of benzene rings is 1. The summed E-state index contributed by atoms with van der Waals surface area (Å²) < 4.78 is 5.92. The number of rotatable bonds is 3. The molecule has 1 aliphatic rings. The third-order valence-corrected chi connectivity index (χ3v) is 4.57. The van der Waals surface area contributed by atoms with Crippen LogP contribution in [0.5, 0.6) is 5.75 Å². The third kappa shape index (κ3) is 3.44. The zero-order valence-electron chi connectivity index (χ0n) is 14.6. The Morgan fingerprint density at radius 3 is 2.64 bits per heavy atom. The Balaban J connectivity index is 2.51. The lowest BCUT2D eigenvalue weighted by molar-refractivity contribution is 0.309. The SMILES string of the molecule is CN(C)CCC1(C#N)CCCOc2ccc(C(C)(C)C)cc21. The van der Waals surface area contributed by atoms with Gasteiger partial charge < -0.3 is 9.64 Å². The zero-order chi connectivity index (χ0) is 16.4. The molecule has 1 unspecified atom stereocenters. The topological polar surface area (TPSA) is 36.3 Å². The van der Waals surface area contributed by atoms with Crippen molar-refractivity contribution in [1.29, 1.82) is 5.26 Å². The largest absolute Gasteiger partial charge is 0.493 e. The normalized spacial score (nSPS) is 21.7. The summed E-state index contributed by atoms with van der Waals surface area (Å²) in [6, 6.07) is 9.04. The summed E-state index contributed by atoms with van der Waals surface area (Å²) in [5, 5.41) is 10.00. The van der Waals surface area contributed by atoms with Gasteiger partial charge >= 0.3 is 0 Å². The lowest BCUT2D eigenvalue weighted by Gasteiger charge is -2.30. The number of nitriles is 1. The Labute approximate surface area is 134 Å². The second-order valence-electron chi connectivity index (χ2n) is 7.66. The molecule has 0 bridgehead atoms. The first-order valence-electron chi connectivity index (χ1n) is 8.12. The van der Waals surface area contributed by atoms with Crippen LogP contribution in [0.15, 0.2) is 18.2 Å². The van der Waals surface area contributed by atoms with E-state index in [0.717, 1.165) is 37.1 Å². The minimum Gasteiger partial charge on any atom is -0.493 e. The van der Waals surface area contributed by atoms with Gasteiger partial charge in [-0.2, -0.15) is 5.26 Å². The first kappa shape index (κ1) is 16.8. The molecule has 0 N–H and O–H groups in total. The zero-order valence-corrected chi connectivity index (χ0v) is 14.6. The van der Waals surface area contributed by atoms with Gasteiger partial charge in [0.1, 0.15) is 5.75 Å². The summed E-state index contributed by atoms with van der Waals surface area (Å²) in [6.07, 6.45) is 2.65. The molecule has 1 aromatic rings.